The first kappa shape index (κ1) is 10.8. The smallest absolute Gasteiger partial charge is 0.149 e. The van der Waals surface area contributed by atoms with Crippen molar-refractivity contribution in [3.8, 4) is 0 Å². The van der Waals surface area contributed by atoms with Crippen LogP contribution in [0.5, 0.6) is 0 Å². The second-order valence-electron chi connectivity index (χ2n) is 3.64. The Labute approximate surface area is 93.7 Å². The average molecular weight is 219 g/mol. The molecule has 0 aliphatic carbocycles. The van der Waals surface area contributed by atoms with Crippen molar-refractivity contribution in [2.45, 2.75) is 19.8 Å². The first-order valence-electron chi connectivity index (χ1n) is 5.46. The van der Waals surface area contributed by atoms with Crippen LogP contribution in [0.4, 0.5) is 10.2 Å². The van der Waals surface area contributed by atoms with E-state index >= 15 is 0 Å². The topological polar surface area (TPSA) is 37.8 Å². The Morgan fingerprint density at radius 1 is 1.31 bits per heavy atom. The molecule has 2 rings (SSSR count). The molecular formula is C12H14FN3. The Hall–Kier alpha value is -1.71. The predicted octanol–water partition coefficient (Wildman–Crippen LogP) is 2.98. The number of nitrogens with zero attached hydrogens (tertiary/aromatic N) is 2. The third kappa shape index (κ3) is 2.10. The largest absolute Gasteiger partial charge is 0.369 e. The van der Waals surface area contributed by atoms with Crippen LogP contribution in [0, 0.1) is 5.82 Å². The van der Waals surface area contributed by atoms with E-state index in [2.05, 4.69) is 22.2 Å². The van der Waals surface area contributed by atoms with Gasteiger partial charge in [-0.1, -0.05) is 19.4 Å². The summed E-state index contributed by atoms with van der Waals surface area (Å²) in [6.07, 6.45) is 3.57. The van der Waals surface area contributed by atoms with E-state index in [0.717, 1.165) is 24.8 Å². The Balaban J connectivity index is 2.34. The lowest BCUT2D eigenvalue weighted by atomic mass is 10.2. The van der Waals surface area contributed by atoms with Gasteiger partial charge in [0.25, 0.3) is 0 Å². The van der Waals surface area contributed by atoms with E-state index in [4.69, 9.17) is 0 Å². The van der Waals surface area contributed by atoms with Crippen LogP contribution >= 0.6 is 0 Å². The van der Waals surface area contributed by atoms with Crippen molar-refractivity contribution < 1.29 is 4.39 Å². The summed E-state index contributed by atoms with van der Waals surface area (Å²) < 4.78 is 13.4. The molecule has 0 saturated carbocycles. The number of aromatic nitrogens is 2. The van der Waals surface area contributed by atoms with Gasteiger partial charge in [-0.15, -0.1) is 0 Å². The summed E-state index contributed by atoms with van der Waals surface area (Å²) in [5.74, 6) is 0.399. The van der Waals surface area contributed by atoms with Crippen LogP contribution in [-0.2, 0) is 0 Å². The maximum atomic E-state index is 13.4. The summed E-state index contributed by atoms with van der Waals surface area (Å²) in [5.41, 5.74) is 0.372. The first-order chi connectivity index (χ1) is 7.83. The number of hydrogen-bond acceptors (Lipinski definition) is 3. The van der Waals surface area contributed by atoms with Crippen LogP contribution in [0.15, 0.2) is 24.5 Å². The lowest BCUT2D eigenvalue weighted by molar-refractivity contribution is 0.636. The van der Waals surface area contributed by atoms with Crippen molar-refractivity contribution in [2.24, 2.45) is 0 Å². The lowest BCUT2D eigenvalue weighted by Crippen LogP contribution is -2.04. The Morgan fingerprint density at radius 2 is 2.19 bits per heavy atom. The summed E-state index contributed by atoms with van der Waals surface area (Å²) in [5, 5.41) is 3.93. The van der Waals surface area contributed by atoms with Gasteiger partial charge in [-0.3, -0.25) is 0 Å². The monoisotopic (exact) mass is 219 g/mol. The third-order valence-electron chi connectivity index (χ3n) is 2.44. The second kappa shape index (κ2) is 4.88. The second-order valence-corrected chi connectivity index (χ2v) is 3.64. The number of rotatable bonds is 4. The Kier molecular flexibility index (Phi) is 3.29. The molecule has 84 valence electrons. The quantitative estimate of drug-likeness (QED) is 0.803. The average Bonchev–Trinajstić information content (AvgIpc) is 2.31. The van der Waals surface area contributed by atoms with E-state index in [0.29, 0.717) is 11.3 Å². The van der Waals surface area contributed by atoms with E-state index in [9.17, 15) is 4.39 Å². The third-order valence-corrected chi connectivity index (χ3v) is 2.44. The van der Waals surface area contributed by atoms with Gasteiger partial charge < -0.3 is 5.32 Å². The minimum Gasteiger partial charge on any atom is -0.369 e. The fourth-order valence-electron chi connectivity index (χ4n) is 1.58. The molecule has 3 nitrogen and oxygen atoms in total. The molecule has 0 aliphatic heterocycles. The molecule has 4 heteroatoms. The molecule has 1 N–H and O–H groups in total. The first-order valence-corrected chi connectivity index (χ1v) is 5.46. The highest BCUT2D eigenvalue weighted by Gasteiger charge is 2.06. The minimum absolute atomic E-state index is 0.307. The van der Waals surface area contributed by atoms with Gasteiger partial charge in [0.2, 0.25) is 0 Å². The maximum absolute atomic E-state index is 13.4. The standard InChI is InChI=1S/C12H14FN3/c1-2-3-7-14-12-9-5-4-6-10(13)11(9)15-8-16-12/h4-6,8H,2-3,7H2,1H3,(H,14,15,16). The molecule has 0 aliphatic rings. The molecule has 1 aromatic carbocycles. The lowest BCUT2D eigenvalue weighted by Gasteiger charge is -2.07. The van der Waals surface area contributed by atoms with Crippen LogP contribution in [0.1, 0.15) is 19.8 Å². The van der Waals surface area contributed by atoms with Gasteiger partial charge in [-0.25, -0.2) is 14.4 Å². The summed E-state index contributed by atoms with van der Waals surface area (Å²) in [6, 6.07) is 4.91. The van der Waals surface area contributed by atoms with Gasteiger partial charge in [0.15, 0.2) is 0 Å². The van der Waals surface area contributed by atoms with Gasteiger partial charge in [0.1, 0.15) is 23.5 Å². The van der Waals surface area contributed by atoms with Crippen molar-refractivity contribution in [2.75, 3.05) is 11.9 Å². The summed E-state index contributed by atoms with van der Waals surface area (Å²) in [4.78, 5) is 8.07. The molecule has 0 bridgehead atoms. The van der Waals surface area contributed by atoms with Gasteiger partial charge in [-0.05, 0) is 18.6 Å². The van der Waals surface area contributed by atoms with Crippen molar-refractivity contribution >= 4 is 16.7 Å². The number of benzene rings is 1. The minimum atomic E-state index is -0.307. The number of nitrogens with one attached hydrogen (secondary N) is 1. The Morgan fingerprint density at radius 3 is 3.00 bits per heavy atom. The molecule has 1 aromatic heterocycles. The van der Waals surface area contributed by atoms with E-state index < -0.39 is 0 Å². The number of fused-ring (bicyclic) bond motifs is 1. The van der Waals surface area contributed by atoms with E-state index in [1.54, 1.807) is 6.07 Å². The van der Waals surface area contributed by atoms with Gasteiger partial charge in [0.05, 0.1) is 0 Å². The molecule has 16 heavy (non-hydrogen) atoms. The molecule has 0 atom stereocenters. The highest BCUT2D eigenvalue weighted by atomic mass is 19.1. The molecule has 0 saturated heterocycles. The zero-order valence-corrected chi connectivity index (χ0v) is 9.20. The van der Waals surface area contributed by atoms with E-state index in [1.807, 2.05) is 6.07 Å². The van der Waals surface area contributed by atoms with Gasteiger partial charge in [-0.2, -0.15) is 0 Å². The molecular weight excluding hydrogens is 205 g/mol. The highest BCUT2D eigenvalue weighted by molar-refractivity contribution is 5.89. The van der Waals surface area contributed by atoms with E-state index in [1.165, 1.54) is 12.4 Å². The fraction of sp³-hybridized carbons (Fsp3) is 0.333. The van der Waals surface area contributed by atoms with Gasteiger partial charge in [0, 0.05) is 11.9 Å². The van der Waals surface area contributed by atoms with Crippen LogP contribution in [-0.4, -0.2) is 16.5 Å². The van der Waals surface area contributed by atoms with Crippen molar-refractivity contribution in [1.29, 1.82) is 0 Å². The Bertz CT molecular complexity index is 485. The maximum Gasteiger partial charge on any atom is 0.149 e. The summed E-state index contributed by atoms with van der Waals surface area (Å²) in [6.45, 7) is 2.97. The molecule has 1 heterocycles. The van der Waals surface area contributed by atoms with Crippen molar-refractivity contribution in [1.82, 2.24) is 9.97 Å². The molecule has 0 radical (unpaired) electrons. The number of hydrogen-bond donors (Lipinski definition) is 1. The highest BCUT2D eigenvalue weighted by Crippen LogP contribution is 2.20. The summed E-state index contributed by atoms with van der Waals surface area (Å²) >= 11 is 0. The van der Waals surface area contributed by atoms with Gasteiger partial charge >= 0.3 is 0 Å². The van der Waals surface area contributed by atoms with Crippen LogP contribution in [0.25, 0.3) is 10.9 Å². The van der Waals surface area contributed by atoms with Crippen LogP contribution in [0.3, 0.4) is 0 Å². The van der Waals surface area contributed by atoms with Crippen LogP contribution < -0.4 is 5.32 Å². The van der Waals surface area contributed by atoms with E-state index in [-0.39, 0.29) is 5.82 Å². The zero-order chi connectivity index (χ0) is 11.4. The molecule has 0 amide bonds. The summed E-state index contributed by atoms with van der Waals surface area (Å²) in [7, 11) is 0. The number of para-hydroxylation sites is 1. The molecule has 0 spiro atoms. The van der Waals surface area contributed by atoms with Crippen molar-refractivity contribution in [3.05, 3.63) is 30.3 Å². The SMILES string of the molecule is CCCCNc1ncnc2c(F)cccc12. The number of halogens is 1. The normalized spacial score (nSPS) is 10.6. The van der Waals surface area contributed by atoms with Crippen molar-refractivity contribution in [3.63, 3.8) is 0 Å². The zero-order valence-electron chi connectivity index (χ0n) is 9.20. The predicted molar refractivity (Wildman–Crippen MR) is 62.9 cm³/mol. The fourth-order valence-corrected chi connectivity index (χ4v) is 1.58. The molecule has 0 unspecified atom stereocenters. The molecule has 0 fully saturated rings. The number of anilines is 1. The van der Waals surface area contributed by atoms with Crippen LogP contribution in [0.2, 0.25) is 0 Å². The number of unbranched alkanes of at least 4 members (excludes halogenated alkanes) is 1. The molecule has 2 aromatic rings.